The lowest BCUT2D eigenvalue weighted by Gasteiger charge is -2.45. The van der Waals surface area contributed by atoms with Crippen LogP contribution in [0.5, 0.6) is 0 Å². The first kappa shape index (κ1) is 19.4. The van der Waals surface area contributed by atoms with Gasteiger partial charge in [0.1, 0.15) is 5.69 Å². The van der Waals surface area contributed by atoms with E-state index < -0.39 is 0 Å². The van der Waals surface area contributed by atoms with Crippen LogP contribution in [0.1, 0.15) is 55.4 Å². The van der Waals surface area contributed by atoms with Crippen LogP contribution in [-0.2, 0) is 4.79 Å². The Kier molecular flexibility index (Phi) is 5.95. The summed E-state index contributed by atoms with van der Waals surface area (Å²) in [7, 11) is 0. The van der Waals surface area contributed by atoms with Crippen molar-refractivity contribution < 1.29 is 9.59 Å². The van der Waals surface area contributed by atoms with Gasteiger partial charge in [0, 0.05) is 37.8 Å². The molecule has 2 aliphatic carbocycles. The molecule has 1 saturated heterocycles. The van der Waals surface area contributed by atoms with Crippen LogP contribution in [0.4, 0.5) is 0 Å². The summed E-state index contributed by atoms with van der Waals surface area (Å²) in [6.45, 7) is 2.27. The smallest absolute Gasteiger partial charge is 0.269 e. The molecule has 3 aliphatic rings. The molecule has 152 valence electrons. The fourth-order valence-electron chi connectivity index (χ4n) is 5.43. The van der Waals surface area contributed by atoms with Crippen LogP contribution < -0.4 is 11.1 Å². The summed E-state index contributed by atoms with van der Waals surface area (Å²) in [5.74, 6) is 1.91. The van der Waals surface area contributed by atoms with Gasteiger partial charge in [-0.2, -0.15) is 0 Å². The summed E-state index contributed by atoms with van der Waals surface area (Å²) in [6.07, 6.45) is 9.16. The zero-order chi connectivity index (χ0) is 19.5. The number of pyridine rings is 1. The first-order valence-corrected chi connectivity index (χ1v) is 10.9. The number of carbonyl (C=O) groups is 2. The third-order valence-corrected chi connectivity index (χ3v) is 7.14. The second kappa shape index (κ2) is 8.60. The van der Waals surface area contributed by atoms with E-state index in [1.165, 1.54) is 19.3 Å². The molecule has 3 N–H and O–H groups in total. The van der Waals surface area contributed by atoms with Crippen LogP contribution in [0.2, 0.25) is 0 Å². The third-order valence-electron chi connectivity index (χ3n) is 7.14. The lowest BCUT2D eigenvalue weighted by Crippen LogP contribution is -2.51. The SMILES string of the molecule is NC1C2CCCC1CC(C(=O)N1CCC(CNC(=O)c3ccccn3)CC1)C2. The second-order valence-corrected chi connectivity index (χ2v) is 8.89. The Hall–Kier alpha value is -1.95. The number of nitrogens with zero attached hydrogens (tertiary/aromatic N) is 2. The predicted molar refractivity (Wildman–Crippen MR) is 107 cm³/mol. The minimum atomic E-state index is -0.121. The van der Waals surface area contributed by atoms with Gasteiger partial charge in [-0.15, -0.1) is 0 Å². The lowest BCUT2D eigenvalue weighted by molar-refractivity contribution is -0.140. The van der Waals surface area contributed by atoms with Crippen molar-refractivity contribution in [2.45, 2.75) is 51.0 Å². The molecule has 2 unspecified atom stereocenters. The van der Waals surface area contributed by atoms with E-state index in [1.807, 2.05) is 6.07 Å². The van der Waals surface area contributed by atoms with Crippen molar-refractivity contribution in [2.24, 2.45) is 29.4 Å². The van der Waals surface area contributed by atoms with E-state index in [9.17, 15) is 9.59 Å². The number of rotatable bonds is 4. The van der Waals surface area contributed by atoms with Crippen LogP contribution in [0.3, 0.4) is 0 Å². The van der Waals surface area contributed by atoms with Crippen molar-refractivity contribution in [1.82, 2.24) is 15.2 Å². The quantitative estimate of drug-likeness (QED) is 0.833. The van der Waals surface area contributed by atoms with Crippen LogP contribution in [-0.4, -0.2) is 47.4 Å². The molecule has 3 fully saturated rings. The summed E-state index contributed by atoms with van der Waals surface area (Å²) >= 11 is 0. The minimum Gasteiger partial charge on any atom is -0.350 e. The number of carbonyl (C=O) groups excluding carboxylic acids is 2. The number of amides is 2. The highest BCUT2D eigenvalue weighted by molar-refractivity contribution is 5.92. The molecule has 0 aromatic carbocycles. The highest BCUT2D eigenvalue weighted by Gasteiger charge is 2.41. The van der Waals surface area contributed by atoms with E-state index in [0.717, 1.165) is 38.8 Å². The normalized spacial score (nSPS) is 30.7. The standard InChI is InChI=1S/C22H32N4O2/c23-20-16-4-3-5-17(20)13-18(12-16)22(28)26-10-7-15(8-11-26)14-25-21(27)19-6-1-2-9-24-19/h1-2,6,9,15-18,20H,3-5,7-8,10-14,23H2,(H,25,27). The summed E-state index contributed by atoms with van der Waals surface area (Å²) in [4.78, 5) is 31.3. The number of nitrogens with two attached hydrogens (primary N) is 1. The van der Waals surface area contributed by atoms with Crippen LogP contribution >= 0.6 is 0 Å². The zero-order valence-corrected chi connectivity index (χ0v) is 16.6. The largest absolute Gasteiger partial charge is 0.350 e. The lowest BCUT2D eigenvalue weighted by atomic mass is 9.65. The Morgan fingerprint density at radius 2 is 1.82 bits per heavy atom. The van der Waals surface area contributed by atoms with E-state index >= 15 is 0 Å². The number of hydrogen-bond donors (Lipinski definition) is 2. The molecule has 2 amide bonds. The summed E-state index contributed by atoms with van der Waals surface area (Å²) < 4.78 is 0. The van der Waals surface area contributed by atoms with Gasteiger partial charge < -0.3 is 16.0 Å². The summed E-state index contributed by atoms with van der Waals surface area (Å²) in [6, 6.07) is 5.66. The fourth-order valence-corrected chi connectivity index (χ4v) is 5.43. The maximum atomic E-state index is 13.1. The Bertz CT molecular complexity index is 673. The van der Waals surface area contributed by atoms with Gasteiger partial charge in [0.25, 0.3) is 5.91 Å². The Balaban J connectivity index is 1.23. The monoisotopic (exact) mass is 384 g/mol. The molecule has 1 aromatic heterocycles. The van der Waals surface area contributed by atoms with Gasteiger partial charge in [0.05, 0.1) is 0 Å². The van der Waals surface area contributed by atoms with Gasteiger partial charge in [0.15, 0.2) is 0 Å². The van der Waals surface area contributed by atoms with Crippen LogP contribution in [0.15, 0.2) is 24.4 Å². The summed E-state index contributed by atoms with van der Waals surface area (Å²) in [5.41, 5.74) is 6.83. The molecular weight excluding hydrogens is 352 g/mol. The Morgan fingerprint density at radius 3 is 2.46 bits per heavy atom. The zero-order valence-electron chi connectivity index (χ0n) is 16.6. The molecule has 2 saturated carbocycles. The van der Waals surface area contributed by atoms with E-state index in [0.29, 0.717) is 41.9 Å². The fraction of sp³-hybridized carbons (Fsp3) is 0.682. The van der Waals surface area contributed by atoms with Gasteiger partial charge in [-0.25, -0.2) is 0 Å². The van der Waals surface area contributed by atoms with E-state index in [-0.39, 0.29) is 11.8 Å². The first-order valence-electron chi connectivity index (χ1n) is 10.9. The van der Waals surface area contributed by atoms with Crippen molar-refractivity contribution in [1.29, 1.82) is 0 Å². The van der Waals surface area contributed by atoms with Crippen LogP contribution in [0.25, 0.3) is 0 Å². The molecule has 6 heteroatoms. The molecule has 2 heterocycles. The summed E-state index contributed by atoms with van der Waals surface area (Å²) in [5, 5.41) is 2.99. The van der Waals surface area contributed by atoms with Crippen molar-refractivity contribution in [3.05, 3.63) is 30.1 Å². The number of nitrogens with one attached hydrogen (secondary N) is 1. The second-order valence-electron chi connectivity index (χ2n) is 8.89. The molecule has 0 spiro atoms. The first-order chi connectivity index (χ1) is 13.6. The van der Waals surface area contributed by atoms with Gasteiger partial charge in [-0.05, 0) is 68.4 Å². The van der Waals surface area contributed by atoms with E-state index in [1.54, 1.807) is 18.3 Å². The number of aromatic nitrogens is 1. The predicted octanol–water partition coefficient (Wildman–Crippen LogP) is 2.20. The molecule has 1 aliphatic heterocycles. The minimum absolute atomic E-state index is 0.121. The van der Waals surface area contributed by atoms with Crippen molar-refractivity contribution in [3.63, 3.8) is 0 Å². The maximum Gasteiger partial charge on any atom is 0.269 e. The number of likely N-dealkylation sites (tertiary alicyclic amines) is 1. The number of hydrogen-bond acceptors (Lipinski definition) is 4. The number of piperidine rings is 1. The van der Waals surface area contributed by atoms with E-state index in [2.05, 4.69) is 15.2 Å². The highest BCUT2D eigenvalue weighted by atomic mass is 16.2. The molecule has 1 aromatic rings. The highest BCUT2D eigenvalue weighted by Crippen LogP contribution is 2.42. The van der Waals surface area contributed by atoms with Crippen LogP contribution in [0, 0.1) is 23.7 Å². The molecule has 4 rings (SSSR count). The topological polar surface area (TPSA) is 88.3 Å². The number of fused-ring (bicyclic) bond motifs is 2. The molecule has 28 heavy (non-hydrogen) atoms. The van der Waals surface area contributed by atoms with Crippen molar-refractivity contribution in [2.75, 3.05) is 19.6 Å². The third kappa shape index (κ3) is 4.22. The maximum absolute atomic E-state index is 13.1. The van der Waals surface area contributed by atoms with Gasteiger partial charge in [-0.3, -0.25) is 14.6 Å². The molecule has 2 atom stereocenters. The van der Waals surface area contributed by atoms with Gasteiger partial charge >= 0.3 is 0 Å². The van der Waals surface area contributed by atoms with Crippen molar-refractivity contribution in [3.8, 4) is 0 Å². The van der Waals surface area contributed by atoms with Gasteiger partial charge in [-0.1, -0.05) is 12.5 Å². The van der Waals surface area contributed by atoms with Gasteiger partial charge in [0.2, 0.25) is 5.91 Å². The molecular formula is C22H32N4O2. The molecule has 2 bridgehead atoms. The molecule has 0 radical (unpaired) electrons. The molecule has 6 nitrogen and oxygen atoms in total. The van der Waals surface area contributed by atoms with E-state index in [4.69, 9.17) is 5.73 Å². The van der Waals surface area contributed by atoms with Crippen molar-refractivity contribution >= 4 is 11.8 Å². The Morgan fingerprint density at radius 1 is 1.11 bits per heavy atom. The average Bonchev–Trinajstić information content (AvgIpc) is 2.72. The Labute approximate surface area is 167 Å². The average molecular weight is 385 g/mol.